The maximum atomic E-state index is 10.0. The van der Waals surface area contributed by atoms with Crippen LogP contribution in [-0.4, -0.2) is 27.3 Å². The van der Waals surface area contributed by atoms with Gasteiger partial charge in [0.05, 0.1) is 0 Å². The van der Waals surface area contributed by atoms with Crippen molar-refractivity contribution in [3.8, 4) is 0 Å². The maximum absolute atomic E-state index is 10.0. The Labute approximate surface area is 72.2 Å². The molecule has 12 heavy (non-hydrogen) atoms. The number of halogens is 1. The molecule has 0 aromatic carbocycles. The first-order valence-electron chi connectivity index (χ1n) is 2.68. The van der Waals surface area contributed by atoms with Crippen LogP contribution in [0.3, 0.4) is 0 Å². The van der Waals surface area contributed by atoms with Crippen LogP contribution in [0.2, 0.25) is 0 Å². The molecular formula is C6H5ClO5. The Hall–Kier alpha value is -1.49. The number of rotatable bonds is 3. The van der Waals surface area contributed by atoms with Gasteiger partial charge < -0.3 is 15.3 Å². The van der Waals surface area contributed by atoms with Crippen molar-refractivity contribution in [1.82, 2.24) is 0 Å². The Morgan fingerprint density at radius 1 is 1.00 bits per heavy atom. The number of carboxylic acid groups (broad SMARTS) is 2. The molecule has 0 saturated heterocycles. The molecule has 0 aromatic rings. The first-order valence-corrected chi connectivity index (χ1v) is 3.06. The number of carbonyl (C=O) groups is 2. The third kappa shape index (κ3) is 3.62. The molecule has 0 spiro atoms. The molecule has 0 amide bonds. The summed E-state index contributed by atoms with van der Waals surface area (Å²) < 4.78 is 0. The fraction of sp³-hybridized carbons (Fsp3) is 0. The minimum Gasteiger partial charge on any atom is -0.502 e. The smallest absolute Gasteiger partial charge is 0.370 e. The predicted octanol–water partition coefficient (Wildman–Crippen LogP) is 0.720. The van der Waals surface area contributed by atoms with Crippen LogP contribution in [-0.2, 0) is 9.59 Å². The van der Waals surface area contributed by atoms with E-state index in [-0.39, 0.29) is 0 Å². The van der Waals surface area contributed by atoms with Crippen molar-refractivity contribution in [1.29, 1.82) is 0 Å². The first-order chi connectivity index (χ1) is 5.45. The van der Waals surface area contributed by atoms with E-state index >= 15 is 0 Å². The number of hydrogen-bond donors (Lipinski definition) is 3. The average molecular weight is 193 g/mol. The van der Waals surface area contributed by atoms with Gasteiger partial charge in [0.25, 0.3) is 0 Å². The summed E-state index contributed by atoms with van der Waals surface area (Å²) in [5, 5.41) is 24.2. The van der Waals surface area contributed by atoms with Gasteiger partial charge in [-0.15, -0.1) is 0 Å². The van der Waals surface area contributed by atoms with E-state index in [2.05, 4.69) is 0 Å². The van der Waals surface area contributed by atoms with Crippen molar-refractivity contribution < 1.29 is 24.9 Å². The van der Waals surface area contributed by atoms with E-state index in [1.54, 1.807) is 0 Å². The minimum atomic E-state index is -1.55. The number of aliphatic carboxylic acids is 2. The highest BCUT2D eigenvalue weighted by Gasteiger charge is 2.03. The molecule has 6 heteroatoms. The lowest BCUT2D eigenvalue weighted by molar-refractivity contribution is -0.135. The van der Waals surface area contributed by atoms with Gasteiger partial charge in [0, 0.05) is 0 Å². The fourth-order valence-electron chi connectivity index (χ4n) is 0.295. The van der Waals surface area contributed by atoms with Crippen molar-refractivity contribution in [2.75, 3.05) is 0 Å². The minimum absolute atomic E-state index is 0.581. The molecule has 0 bridgehead atoms. The second kappa shape index (κ2) is 4.40. The summed E-state index contributed by atoms with van der Waals surface area (Å²) in [5.41, 5.74) is 0. The van der Waals surface area contributed by atoms with E-state index in [9.17, 15) is 9.59 Å². The molecule has 0 radical (unpaired) electrons. The molecule has 0 saturated carbocycles. The third-order valence-electron chi connectivity index (χ3n) is 0.811. The molecule has 0 aliphatic carbocycles. The molecule has 5 nitrogen and oxygen atoms in total. The van der Waals surface area contributed by atoms with Gasteiger partial charge in [-0.2, -0.15) is 0 Å². The summed E-state index contributed by atoms with van der Waals surface area (Å²) in [6.45, 7) is 0. The third-order valence-corrected chi connectivity index (χ3v) is 1.10. The van der Waals surface area contributed by atoms with E-state index in [1.807, 2.05) is 0 Å². The van der Waals surface area contributed by atoms with Gasteiger partial charge in [0.1, 0.15) is 5.03 Å². The second-order valence-corrected chi connectivity index (χ2v) is 2.08. The zero-order chi connectivity index (χ0) is 9.72. The monoisotopic (exact) mass is 192 g/mol. The molecule has 0 unspecified atom stereocenters. The summed E-state index contributed by atoms with van der Waals surface area (Å²) >= 11 is 5.08. The van der Waals surface area contributed by atoms with E-state index < -0.39 is 22.7 Å². The summed E-state index contributed by atoms with van der Waals surface area (Å²) in [6.07, 6.45) is 1.45. The Morgan fingerprint density at radius 3 is 1.83 bits per heavy atom. The molecule has 0 heterocycles. The van der Waals surface area contributed by atoms with Crippen LogP contribution in [0.4, 0.5) is 0 Å². The van der Waals surface area contributed by atoms with E-state index in [4.69, 9.17) is 26.9 Å². The van der Waals surface area contributed by atoms with Crippen molar-refractivity contribution in [3.05, 3.63) is 22.9 Å². The van der Waals surface area contributed by atoms with Gasteiger partial charge in [-0.25, -0.2) is 9.59 Å². The number of allylic oxidation sites excluding steroid dienone is 2. The Kier molecular flexibility index (Phi) is 3.85. The van der Waals surface area contributed by atoms with Crippen LogP contribution in [0.1, 0.15) is 0 Å². The van der Waals surface area contributed by atoms with Crippen molar-refractivity contribution in [3.63, 3.8) is 0 Å². The summed E-state index contributed by atoms with van der Waals surface area (Å²) in [6, 6.07) is 0. The van der Waals surface area contributed by atoms with Crippen LogP contribution >= 0.6 is 11.6 Å². The summed E-state index contributed by atoms with van der Waals surface area (Å²) in [7, 11) is 0. The average Bonchev–Trinajstić information content (AvgIpc) is 1.98. The number of aliphatic hydroxyl groups excluding tert-OH is 1. The highest BCUT2D eigenvalue weighted by atomic mass is 35.5. The van der Waals surface area contributed by atoms with Crippen molar-refractivity contribution >= 4 is 23.5 Å². The molecule has 0 rings (SSSR count). The SMILES string of the molecule is O=C(O)/C(O)=C/C=C(\Cl)C(=O)O. The molecule has 0 aliphatic heterocycles. The van der Waals surface area contributed by atoms with Gasteiger partial charge in [-0.1, -0.05) is 11.6 Å². The van der Waals surface area contributed by atoms with Crippen LogP contribution in [0.5, 0.6) is 0 Å². The molecule has 0 aliphatic rings. The summed E-state index contributed by atoms with van der Waals surface area (Å²) in [4.78, 5) is 20.0. The maximum Gasteiger partial charge on any atom is 0.370 e. The highest BCUT2D eigenvalue weighted by Crippen LogP contribution is 2.02. The normalized spacial score (nSPS) is 12.8. The lowest BCUT2D eigenvalue weighted by Gasteiger charge is -1.88. The molecular weight excluding hydrogens is 188 g/mol. The van der Waals surface area contributed by atoms with E-state index in [0.29, 0.717) is 6.08 Å². The molecule has 0 fully saturated rings. The standard InChI is InChI=1S/C6H5ClO5/c7-3(5(9)10)1-2-4(8)6(11)12/h1-2,8H,(H,9,10)(H,11,12)/b3-1-,4-2-. The highest BCUT2D eigenvalue weighted by molar-refractivity contribution is 6.41. The van der Waals surface area contributed by atoms with Gasteiger partial charge in [-0.3, -0.25) is 0 Å². The number of aliphatic hydroxyl groups is 1. The van der Waals surface area contributed by atoms with Gasteiger partial charge in [-0.05, 0) is 12.2 Å². The topological polar surface area (TPSA) is 94.8 Å². The van der Waals surface area contributed by atoms with Gasteiger partial charge in [0.2, 0.25) is 5.76 Å². The zero-order valence-corrected chi connectivity index (χ0v) is 6.45. The van der Waals surface area contributed by atoms with Crippen LogP contribution in [0, 0.1) is 0 Å². The largest absolute Gasteiger partial charge is 0.502 e. The first kappa shape index (κ1) is 10.5. The quantitative estimate of drug-likeness (QED) is 0.348. The number of hydrogen-bond acceptors (Lipinski definition) is 3. The Morgan fingerprint density at radius 2 is 1.50 bits per heavy atom. The van der Waals surface area contributed by atoms with E-state index in [1.165, 1.54) is 0 Å². The lowest BCUT2D eigenvalue weighted by Crippen LogP contribution is -1.98. The van der Waals surface area contributed by atoms with E-state index in [0.717, 1.165) is 6.08 Å². The molecule has 66 valence electrons. The van der Waals surface area contributed by atoms with Crippen LogP contribution in [0.25, 0.3) is 0 Å². The van der Waals surface area contributed by atoms with Crippen LogP contribution < -0.4 is 0 Å². The van der Waals surface area contributed by atoms with Crippen molar-refractivity contribution in [2.24, 2.45) is 0 Å². The summed E-state index contributed by atoms with van der Waals surface area (Å²) in [5.74, 6) is -3.93. The zero-order valence-electron chi connectivity index (χ0n) is 5.69. The van der Waals surface area contributed by atoms with Gasteiger partial charge >= 0.3 is 11.9 Å². The Balaban J connectivity index is 4.48. The molecule has 0 atom stereocenters. The molecule has 0 aromatic heterocycles. The van der Waals surface area contributed by atoms with Crippen molar-refractivity contribution in [2.45, 2.75) is 0 Å². The van der Waals surface area contributed by atoms with Crippen LogP contribution in [0.15, 0.2) is 22.9 Å². The Bertz CT molecular complexity index is 237. The molecule has 3 N–H and O–H groups in total. The fourth-order valence-corrected chi connectivity index (χ4v) is 0.358. The predicted molar refractivity (Wildman–Crippen MR) is 39.9 cm³/mol. The number of carboxylic acids is 2. The van der Waals surface area contributed by atoms with Gasteiger partial charge in [0.15, 0.2) is 0 Å². The lowest BCUT2D eigenvalue weighted by atomic mass is 10.4. The second-order valence-electron chi connectivity index (χ2n) is 1.68.